The van der Waals surface area contributed by atoms with Crippen LogP contribution in [0.15, 0.2) is 42.5 Å². The minimum atomic E-state index is -3.01. The van der Waals surface area contributed by atoms with E-state index in [0.717, 1.165) is 0 Å². The Bertz CT molecular complexity index is 844. The van der Waals surface area contributed by atoms with Crippen LogP contribution in [-0.2, 0) is 0 Å². The lowest BCUT2D eigenvalue weighted by molar-refractivity contribution is -0.0512. The van der Waals surface area contributed by atoms with Crippen LogP contribution >= 0.6 is 0 Å². The van der Waals surface area contributed by atoms with Crippen LogP contribution in [0.4, 0.5) is 25.0 Å². The second-order valence-corrected chi connectivity index (χ2v) is 6.00. The highest BCUT2D eigenvalue weighted by Gasteiger charge is 2.16. The first-order valence-electron chi connectivity index (χ1n) is 8.41. The van der Waals surface area contributed by atoms with Crippen molar-refractivity contribution in [3.8, 4) is 11.5 Å². The number of amides is 3. The summed E-state index contributed by atoms with van der Waals surface area (Å²) in [5.74, 6) is -0.697. The van der Waals surface area contributed by atoms with Crippen molar-refractivity contribution in [3.05, 3.63) is 48.0 Å². The fourth-order valence-corrected chi connectivity index (χ4v) is 2.32. The van der Waals surface area contributed by atoms with Gasteiger partial charge in [-0.25, -0.2) is 4.79 Å². The first-order valence-corrected chi connectivity index (χ1v) is 8.41. The largest absolute Gasteiger partial charge is 0.493 e. The number of alkyl halides is 2. The van der Waals surface area contributed by atoms with E-state index in [1.165, 1.54) is 25.3 Å². The van der Waals surface area contributed by atoms with E-state index in [-0.39, 0.29) is 23.1 Å². The molecule has 0 bridgehead atoms. The second-order valence-electron chi connectivity index (χ2n) is 6.00. The third-order valence-electron chi connectivity index (χ3n) is 3.49. The fraction of sp³-hybridized carbons (Fsp3) is 0.263. The van der Waals surface area contributed by atoms with Crippen molar-refractivity contribution >= 4 is 23.3 Å². The summed E-state index contributed by atoms with van der Waals surface area (Å²) in [5.41, 5.74) is 0.941. The molecule has 0 aromatic heterocycles. The number of methoxy groups -OCH3 is 1. The highest BCUT2D eigenvalue weighted by atomic mass is 19.3. The van der Waals surface area contributed by atoms with E-state index in [1.807, 2.05) is 13.8 Å². The Morgan fingerprint density at radius 2 is 1.61 bits per heavy atom. The zero-order valence-corrected chi connectivity index (χ0v) is 15.6. The second kappa shape index (κ2) is 9.54. The van der Waals surface area contributed by atoms with Gasteiger partial charge in [0.15, 0.2) is 11.5 Å². The lowest BCUT2D eigenvalue weighted by atomic mass is 10.1. The first kappa shape index (κ1) is 20.9. The topological polar surface area (TPSA) is 88.7 Å². The maximum absolute atomic E-state index is 12.5. The average Bonchev–Trinajstić information content (AvgIpc) is 2.62. The molecule has 0 fully saturated rings. The number of hydrogen-bond acceptors (Lipinski definition) is 4. The van der Waals surface area contributed by atoms with Crippen molar-refractivity contribution in [1.82, 2.24) is 5.32 Å². The van der Waals surface area contributed by atoms with Crippen LogP contribution in [-0.4, -0.2) is 31.7 Å². The number of carbonyl (C=O) groups is 2. The lowest BCUT2D eigenvalue weighted by Crippen LogP contribution is -2.34. The van der Waals surface area contributed by atoms with Gasteiger partial charge < -0.3 is 25.4 Å². The van der Waals surface area contributed by atoms with E-state index >= 15 is 0 Å². The molecule has 0 radical (unpaired) electrons. The first-order chi connectivity index (χ1) is 13.3. The molecule has 2 aromatic carbocycles. The van der Waals surface area contributed by atoms with Gasteiger partial charge in [0, 0.05) is 11.6 Å². The molecule has 0 atom stereocenters. The van der Waals surface area contributed by atoms with Gasteiger partial charge in [0.1, 0.15) is 0 Å². The van der Waals surface area contributed by atoms with Crippen LogP contribution in [0.2, 0.25) is 0 Å². The maximum Gasteiger partial charge on any atom is 0.387 e. The minimum Gasteiger partial charge on any atom is -0.493 e. The lowest BCUT2D eigenvalue weighted by Gasteiger charge is -2.15. The molecule has 0 heterocycles. The number of rotatable bonds is 7. The number of ether oxygens (including phenoxy) is 2. The summed E-state index contributed by atoms with van der Waals surface area (Å²) in [7, 11) is 1.28. The van der Waals surface area contributed by atoms with Crippen LogP contribution in [0.5, 0.6) is 11.5 Å². The molecule has 0 aliphatic carbocycles. The zero-order valence-electron chi connectivity index (χ0n) is 15.6. The summed E-state index contributed by atoms with van der Waals surface area (Å²) >= 11 is 0. The van der Waals surface area contributed by atoms with Gasteiger partial charge in [0.25, 0.3) is 5.91 Å². The van der Waals surface area contributed by atoms with Gasteiger partial charge in [0.2, 0.25) is 0 Å². The average molecular weight is 393 g/mol. The van der Waals surface area contributed by atoms with Crippen molar-refractivity contribution < 1.29 is 27.8 Å². The van der Waals surface area contributed by atoms with Gasteiger partial charge in [-0.15, -0.1) is 0 Å². The predicted molar refractivity (Wildman–Crippen MR) is 101 cm³/mol. The van der Waals surface area contributed by atoms with Gasteiger partial charge in [-0.2, -0.15) is 8.78 Å². The Kier molecular flexibility index (Phi) is 7.14. The molecular formula is C19H21F2N3O4. The SMILES string of the molecule is COc1cc(C(=O)Nc2ccccc2NC(=O)NC(C)C)ccc1OC(F)F. The highest BCUT2D eigenvalue weighted by Crippen LogP contribution is 2.30. The van der Waals surface area contributed by atoms with Crippen molar-refractivity contribution in [2.24, 2.45) is 0 Å². The number of urea groups is 1. The van der Waals surface area contributed by atoms with Crippen LogP contribution in [0.3, 0.4) is 0 Å². The Labute approximate surface area is 161 Å². The van der Waals surface area contributed by atoms with E-state index in [9.17, 15) is 18.4 Å². The number of nitrogens with one attached hydrogen (secondary N) is 3. The molecule has 7 nitrogen and oxygen atoms in total. The Balaban J connectivity index is 2.18. The zero-order chi connectivity index (χ0) is 20.7. The highest BCUT2D eigenvalue weighted by molar-refractivity contribution is 6.07. The summed E-state index contributed by atoms with van der Waals surface area (Å²) in [6.07, 6.45) is 0. The van der Waals surface area contributed by atoms with Crippen molar-refractivity contribution in [1.29, 1.82) is 0 Å². The van der Waals surface area contributed by atoms with Crippen LogP contribution in [0, 0.1) is 0 Å². The normalized spacial score (nSPS) is 10.5. The molecule has 3 N–H and O–H groups in total. The molecule has 2 rings (SSSR count). The van der Waals surface area contributed by atoms with E-state index in [4.69, 9.17) is 4.74 Å². The van der Waals surface area contributed by atoms with Crippen molar-refractivity contribution in [3.63, 3.8) is 0 Å². The van der Waals surface area contributed by atoms with E-state index in [1.54, 1.807) is 24.3 Å². The van der Waals surface area contributed by atoms with E-state index in [2.05, 4.69) is 20.7 Å². The summed E-state index contributed by atoms with van der Waals surface area (Å²) in [6, 6.07) is 10.0. The Morgan fingerprint density at radius 1 is 0.964 bits per heavy atom. The molecule has 0 saturated carbocycles. The minimum absolute atomic E-state index is 0.00401. The number of hydrogen-bond donors (Lipinski definition) is 3. The third-order valence-corrected chi connectivity index (χ3v) is 3.49. The molecule has 9 heteroatoms. The predicted octanol–water partition coefficient (Wildman–Crippen LogP) is 4.08. The number of benzene rings is 2. The molecule has 0 aliphatic rings. The molecule has 3 amide bonds. The fourth-order valence-electron chi connectivity index (χ4n) is 2.32. The molecule has 0 aliphatic heterocycles. The molecule has 0 saturated heterocycles. The standard InChI is InChI=1S/C19H21F2N3O4/c1-11(2)22-19(26)24-14-7-5-4-6-13(14)23-17(25)12-8-9-15(28-18(20)21)16(10-12)27-3/h4-11,18H,1-3H3,(H,23,25)(H2,22,24,26). The van der Waals surface area contributed by atoms with Gasteiger partial charge in [-0.05, 0) is 44.2 Å². The monoisotopic (exact) mass is 393 g/mol. The van der Waals surface area contributed by atoms with Gasteiger partial charge in [-0.1, -0.05) is 12.1 Å². The van der Waals surface area contributed by atoms with Gasteiger partial charge in [0.05, 0.1) is 18.5 Å². The van der Waals surface area contributed by atoms with Crippen molar-refractivity contribution in [2.45, 2.75) is 26.5 Å². The van der Waals surface area contributed by atoms with E-state index in [0.29, 0.717) is 11.4 Å². The Hall–Kier alpha value is -3.36. The summed E-state index contributed by atoms with van der Waals surface area (Å²) < 4.78 is 34.2. The number of para-hydroxylation sites is 2. The molecule has 150 valence electrons. The molecule has 28 heavy (non-hydrogen) atoms. The molecular weight excluding hydrogens is 372 g/mol. The smallest absolute Gasteiger partial charge is 0.387 e. The summed E-state index contributed by atoms with van der Waals surface area (Å²) in [4.78, 5) is 24.5. The molecule has 2 aromatic rings. The number of anilines is 2. The van der Waals surface area contributed by atoms with Gasteiger partial charge in [-0.3, -0.25) is 4.79 Å². The summed E-state index contributed by atoms with van der Waals surface area (Å²) in [6.45, 7) is 0.632. The van der Waals surface area contributed by atoms with E-state index < -0.39 is 18.5 Å². The van der Waals surface area contributed by atoms with Crippen LogP contribution in [0.1, 0.15) is 24.2 Å². The molecule has 0 unspecified atom stereocenters. The number of halogens is 2. The molecule has 0 spiro atoms. The van der Waals surface area contributed by atoms with Crippen molar-refractivity contribution in [2.75, 3.05) is 17.7 Å². The van der Waals surface area contributed by atoms with Gasteiger partial charge >= 0.3 is 12.6 Å². The van der Waals surface area contributed by atoms with Crippen LogP contribution in [0.25, 0.3) is 0 Å². The Morgan fingerprint density at radius 3 is 2.18 bits per heavy atom. The maximum atomic E-state index is 12.5. The number of carbonyl (C=O) groups excluding carboxylic acids is 2. The quantitative estimate of drug-likeness (QED) is 0.661. The van der Waals surface area contributed by atoms with Crippen LogP contribution < -0.4 is 25.4 Å². The third kappa shape index (κ3) is 5.83. The summed E-state index contributed by atoms with van der Waals surface area (Å²) in [5, 5.41) is 8.02.